The summed E-state index contributed by atoms with van der Waals surface area (Å²) in [5.74, 6) is 0. The number of halogens is 2. The molecule has 0 aromatic heterocycles. The van der Waals surface area contributed by atoms with E-state index in [0.29, 0.717) is 16.5 Å². The monoisotopic (exact) mass is 234 g/mol. The van der Waals surface area contributed by atoms with Crippen LogP contribution in [0.4, 0.5) is 0 Å². The molecule has 14 heavy (non-hydrogen) atoms. The van der Waals surface area contributed by atoms with Crippen LogP contribution in [0, 0.1) is 0 Å². The smallest absolute Gasteiger partial charge is 0.160 e. The van der Waals surface area contributed by atoms with Crippen LogP contribution in [-0.4, -0.2) is 20.5 Å². The molecule has 0 N–H and O–H groups in total. The molecule has 0 aliphatic heterocycles. The molecule has 0 aliphatic carbocycles. The van der Waals surface area contributed by atoms with E-state index in [4.69, 9.17) is 32.7 Å². The van der Waals surface area contributed by atoms with Crippen molar-refractivity contribution in [3.63, 3.8) is 0 Å². The zero-order chi connectivity index (χ0) is 10.6. The molecule has 0 fully saturated rings. The molecule has 2 nitrogen and oxygen atoms in total. The van der Waals surface area contributed by atoms with Crippen molar-refractivity contribution in [1.29, 1.82) is 0 Å². The molecule has 1 aromatic carbocycles. The summed E-state index contributed by atoms with van der Waals surface area (Å²) in [6, 6.07) is 5.40. The van der Waals surface area contributed by atoms with Gasteiger partial charge in [0, 0.05) is 30.7 Å². The zero-order valence-corrected chi connectivity index (χ0v) is 9.60. The first-order chi connectivity index (χ1) is 6.69. The largest absolute Gasteiger partial charge is 0.356 e. The highest BCUT2D eigenvalue weighted by atomic mass is 35.5. The van der Waals surface area contributed by atoms with Crippen LogP contribution in [-0.2, 0) is 15.9 Å². The van der Waals surface area contributed by atoms with Gasteiger partial charge in [-0.1, -0.05) is 29.3 Å². The lowest BCUT2D eigenvalue weighted by molar-refractivity contribution is -0.100. The van der Waals surface area contributed by atoms with Crippen molar-refractivity contribution >= 4 is 23.2 Å². The molecule has 78 valence electrons. The molecule has 4 heteroatoms. The lowest BCUT2D eigenvalue weighted by atomic mass is 10.1. The minimum Gasteiger partial charge on any atom is -0.356 e. The summed E-state index contributed by atoms with van der Waals surface area (Å²) in [5.41, 5.74) is 0.851. The fraction of sp³-hybridized carbons (Fsp3) is 0.400. The molecule has 0 heterocycles. The summed E-state index contributed by atoms with van der Waals surface area (Å²) in [4.78, 5) is 0. The van der Waals surface area contributed by atoms with E-state index in [-0.39, 0.29) is 6.29 Å². The molecule has 0 spiro atoms. The van der Waals surface area contributed by atoms with Crippen LogP contribution < -0.4 is 0 Å². The number of hydrogen-bond acceptors (Lipinski definition) is 2. The quantitative estimate of drug-likeness (QED) is 0.746. The Balaban J connectivity index is 2.84. The third-order valence-corrected chi connectivity index (χ3v) is 2.67. The summed E-state index contributed by atoms with van der Waals surface area (Å²) >= 11 is 12.0. The fourth-order valence-electron chi connectivity index (χ4n) is 1.16. The first-order valence-electron chi connectivity index (χ1n) is 4.17. The fourth-order valence-corrected chi connectivity index (χ4v) is 1.71. The molecule has 0 amide bonds. The summed E-state index contributed by atoms with van der Waals surface area (Å²) in [5, 5.41) is 1.27. The predicted molar refractivity (Wildman–Crippen MR) is 58.0 cm³/mol. The normalized spacial score (nSPS) is 10.9. The first-order valence-corrected chi connectivity index (χ1v) is 4.93. The van der Waals surface area contributed by atoms with Gasteiger partial charge in [-0.25, -0.2) is 0 Å². The maximum Gasteiger partial charge on any atom is 0.160 e. The molecular weight excluding hydrogens is 223 g/mol. The van der Waals surface area contributed by atoms with E-state index >= 15 is 0 Å². The van der Waals surface area contributed by atoms with E-state index in [1.165, 1.54) is 0 Å². The summed E-state index contributed by atoms with van der Waals surface area (Å²) < 4.78 is 10.1. The Bertz CT molecular complexity index is 278. The highest BCUT2D eigenvalue weighted by Gasteiger charge is 2.12. The highest BCUT2D eigenvalue weighted by molar-refractivity contribution is 6.35. The minimum atomic E-state index is -0.313. The minimum absolute atomic E-state index is 0.313. The van der Waals surface area contributed by atoms with Crippen LogP contribution in [0.2, 0.25) is 10.0 Å². The number of methoxy groups -OCH3 is 2. The van der Waals surface area contributed by atoms with Gasteiger partial charge >= 0.3 is 0 Å². The van der Waals surface area contributed by atoms with Crippen LogP contribution in [0.1, 0.15) is 5.56 Å². The Kier molecular flexibility index (Phi) is 4.69. The van der Waals surface area contributed by atoms with Gasteiger partial charge in [0.25, 0.3) is 0 Å². The molecule has 1 rings (SSSR count). The van der Waals surface area contributed by atoms with Crippen LogP contribution in [0.25, 0.3) is 0 Å². The average Bonchev–Trinajstić information content (AvgIpc) is 2.18. The highest BCUT2D eigenvalue weighted by Crippen LogP contribution is 2.25. The molecule has 0 unspecified atom stereocenters. The van der Waals surface area contributed by atoms with Crippen LogP contribution in [0.15, 0.2) is 18.2 Å². The molecule has 0 aliphatic rings. The summed E-state index contributed by atoms with van der Waals surface area (Å²) in [7, 11) is 3.16. The third-order valence-electron chi connectivity index (χ3n) is 1.96. The summed E-state index contributed by atoms with van der Waals surface area (Å²) in [6.45, 7) is 0. The van der Waals surface area contributed by atoms with Crippen molar-refractivity contribution in [3.8, 4) is 0 Å². The van der Waals surface area contributed by atoms with Gasteiger partial charge in [-0.3, -0.25) is 0 Å². The second-order valence-corrected chi connectivity index (χ2v) is 3.62. The zero-order valence-electron chi connectivity index (χ0n) is 8.09. The van der Waals surface area contributed by atoms with E-state index in [0.717, 1.165) is 5.56 Å². The Morgan fingerprint density at radius 1 is 1.14 bits per heavy atom. The molecule has 1 aromatic rings. The number of hydrogen-bond donors (Lipinski definition) is 0. The van der Waals surface area contributed by atoms with Crippen molar-refractivity contribution in [2.45, 2.75) is 12.7 Å². The van der Waals surface area contributed by atoms with Crippen molar-refractivity contribution in [2.24, 2.45) is 0 Å². The molecule has 0 atom stereocenters. The molecule has 0 radical (unpaired) electrons. The van der Waals surface area contributed by atoms with Gasteiger partial charge in [0.15, 0.2) is 6.29 Å². The van der Waals surface area contributed by atoms with Gasteiger partial charge in [-0.15, -0.1) is 0 Å². The van der Waals surface area contributed by atoms with Crippen molar-refractivity contribution in [3.05, 3.63) is 33.8 Å². The predicted octanol–water partition coefficient (Wildman–Crippen LogP) is 3.15. The van der Waals surface area contributed by atoms with Gasteiger partial charge in [0.1, 0.15) is 0 Å². The SMILES string of the molecule is COC(Cc1c(Cl)cccc1Cl)OC. The van der Waals surface area contributed by atoms with E-state index in [1.807, 2.05) is 6.07 Å². The first kappa shape index (κ1) is 11.8. The van der Waals surface area contributed by atoms with Crippen molar-refractivity contribution in [1.82, 2.24) is 0 Å². The standard InChI is InChI=1S/C10H12Cl2O2/c1-13-10(14-2)6-7-8(11)4-3-5-9(7)12/h3-5,10H,6H2,1-2H3. The summed E-state index contributed by atoms with van der Waals surface area (Å²) in [6.07, 6.45) is 0.235. The van der Waals surface area contributed by atoms with E-state index in [1.54, 1.807) is 26.4 Å². The topological polar surface area (TPSA) is 18.5 Å². The Morgan fingerprint density at radius 3 is 2.07 bits per heavy atom. The van der Waals surface area contributed by atoms with Gasteiger partial charge in [0.05, 0.1) is 0 Å². The van der Waals surface area contributed by atoms with Crippen molar-refractivity contribution < 1.29 is 9.47 Å². The van der Waals surface area contributed by atoms with Gasteiger partial charge < -0.3 is 9.47 Å². The third kappa shape index (κ3) is 2.85. The maximum atomic E-state index is 5.99. The molecule has 0 saturated carbocycles. The lowest BCUT2D eigenvalue weighted by Crippen LogP contribution is -2.16. The maximum absolute atomic E-state index is 5.99. The number of ether oxygens (including phenoxy) is 2. The number of benzene rings is 1. The van der Waals surface area contributed by atoms with Crippen molar-refractivity contribution in [2.75, 3.05) is 14.2 Å². The second kappa shape index (κ2) is 5.56. The molecule has 0 bridgehead atoms. The lowest BCUT2D eigenvalue weighted by Gasteiger charge is -2.14. The van der Waals surface area contributed by atoms with Crippen LogP contribution >= 0.6 is 23.2 Å². The number of rotatable bonds is 4. The van der Waals surface area contributed by atoms with Crippen LogP contribution in [0.3, 0.4) is 0 Å². The average molecular weight is 235 g/mol. The Labute approximate surface area is 93.7 Å². The van der Waals surface area contributed by atoms with Crippen LogP contribution in [0.5, 0.6) is 0 Å². The molecular formula is C10H12Cl2O2. The second-order valence-electron chi connectivity index (χ2n) is 2.81. The van der Waals surface area contributed by atoms with Gasteiger partial charge in [0.2, 0.25) is 0 Å². The van der Waals surface area contributed by atoms with E-state index in [9.17, 15) is 0 Å². The Hall–Kier alpha value is -0.280. The molecule has 0 saturated heterocycles. The van der Waals surface area contributed by atoms with Gasteiger partial charge in [-0.2, -0.15) is 0 Å². The van der Waals surface area contributed by atoms with E-state index < -0.39 is 0 Å². The van der Waals surface area contributed by atoms with Gasteiger partial charge in [-0.05, 0) is 17.7 Å². The Morgan fingerprint density at radius 2 is 1.64 bits per heavy atom. The van der Waals surface area contributed by atoms with E-state index in [2.05, 4.69) is 0 Å².